The highest BCUT2D eigenvalue weighted by Crippen LogP contribution is 2.34. The van der Waals surface area contributed by atoms with E-state index in [0.717, 1.165) is 16.7 Å². The number of nitrogens with one attached hydrogen (secondary N) is 1. The van der Waals surface area contributed by atoms with E-state index in [4.69, 9.17) is 33.2 Å². The summed E-state index contributed by atoms with van der Waals surface area (Å²) in [5.41, 5.74) is 3.55. The quantitative estimate of drug-likeness (QED) is 0.511. The number of para-hydroxylation sites is 1. The summed E-state index contributed by atoms with van der Waals surface area (Å²) in [6.45, 7) is 3.75. The zero-order valence-corrected chi connectivity index (χ0v) is 17.4. The first kappa shape index (κ1) is 20.7. The van der Waals surface area contributed by atoms with E-state index in [1.165, 1.54) is 0 Å². The molecule has 146 valence electrons. The van der Waals surface area contributed by atoms with E-state index in [2.05, 4.69) is 11.4 Å². The van der Waals surface area contributed by atoms with Gasteiger partial charge in [-0.05, 0) is 66.9 Å². The summed E-state index contributed by atoms with van der Waals surface area (Å²) in [6, 6.07) is 17.9. The maximum Gasteiger partial charge on any atom is 0.228 e. The smallest absolute Gasteiger partial charge is 0.228 e. The highest BCUT2D eigenvalue weighted by Gasteiger charge is 2.13. The van der Waals surface area contributed by atoms with Gasteiger partial charge in [-0.2, -0.15) is 5.26 Å². The highest BCUT2D eigenvalue weighted by molar-refractivity contribution is 6.33. The lowest BCUT2D eigenvalue weighted by Crippen LogP contribution is -2.14. The van der Waals surface area contributed by atoms with Crippen LogP contribution in [-0.4, -0.2) is 5.91 Å². The first-order valence-corrected chi connectivity index (χ1v) is 9.65. The van der Waals surface area contributed by atoms with Crippen LogP contribution in [0.15, 0.2) is 54.6 Å². The van der Waals surface area contributed by atoms with Crippen molar-refractivity contribution in [2.45, 2.75) is 20.3 Å². The van der Waals surface area contributed by atoms with Crippen LogP contribution < -0.4 is 10.1 Å². The van der Waals surface area contributed by atoms with Crippen LogP contribution in [0.3, 0.4) is 0 Å². The molecule has 1 amide bonds. The number of anilines is 1. The molecule has 0 saturated carbocycles. The van der Waals surface area contributed by atoms with Crippen LogP contribution in [0, 0.1) is 25.2 Å². The predicted octanol–water partition coefficient (Wildman–Crippen LogP) is 6.46. The Morgan fingerprint density at radius 2 is 1.72 bits per heavy atom. The molecule has 3 aromatic carbocycles. The maximum atomic E-state index is 12.4. The number of hydrogen-bond acceptors (Lipinski definition) is 3. The van der Waals surface area contributed by atoms with Gasteiger partial charge in [-0.15, -0.1) is 0 Å². The lowest BCUT2D eigenvalue weighted by atomic mass is 10.1. The number of aryl methyl sites for hydroxylation is 2. The average molecular weight is 425 g/mol. The summed E-state index contributed by atoms with van der Waals surface area (Å²) in [7, 11) is 0. The maximum absolute atomic E-state index is 12.4. The molecule has 1 N–H and O–H groups in total. The van der Waals surface area contributed by atoms with Crippen molar-refractivity contribution in [1.82, 2.24) is 0 Å². The van der Waals surface area contributed by atoms with Crippen LogP contribution in [0.4, 0.5) is 5.69 Å². The Balaban J connectivity index is 1.79. The minimum absolute atomic E-state index is 0.143. The molecule has 6 heteroatoms. The van der Waals surface area contributed by atoms with Crippen LogP contribution in [0.1, 0.15) is 22.3 Å². The van der Waals surface area contributed by atoms with E-state index in [1.807, 2.05) is 13.8 Å². The molecule has 0 unspecified atom stereocenters. The molecule has 0 spiro atoms. The van der Waals surface area contributed by atoms with Crippen molar-refractivity contribution in [2.24, 2.45) is 0 Å². The fourth-order valence-electron chi connectivity index (χ4n) is 2.96. The number of halogens is 2. The Hall–Kier alpha value is -3.00. The van der Waals surface area contributed by atoms with Gasteiger partial charge in [0.1, 0.15) is 11.5 Å². The number of ether oxygens (including phenoxy) is 1. The molecule has 0 atom stereocenters. The molecule has 0 aliphatic rings. The Bertz CT molecular complexity index is 1100. The average Bonchev–Trinajstić information content (AvgIpc) is 2.68. The van der Waals surface area contributed by atoms with E-state index in [9.17, 15) is 4.79 Å². The number of hydrogen-bond donors (Lipinski definition) is 1. The van der Waals surface area contributed by atoms with Gasteiger partial charge in [0.15, 0.2) is 0 Å². The fourth-order valence-corrected chi connectivity index (χ4v) is 3.30. The molecule has 0 aliphatic heterocycles. The van der Waals surface area contributed by atoms with E-state index < -0.39 is 0 Å². The summed E-state index contributed by atoms with van der Waals surface area (Å²) < 4.78 is 6.04. The molecule has 0 bridgehead atoms. The topological polar surface area (TPSA) is 62.1 Å². The standard InChI is InChI=1S/C23H18Cl2N2O2/c1-14-9-17(13-26)10-15(2)23(14)29-21-11-16(7-8-19(21)25)12-22(28)27-20-6-4-3-5-18(20)24/h3-11H,12H2,1-2H3,(H,27,28). The number of benzene rings is 3. The Morgan fingerprint density at radius 3 is 2.38 bits per heavy atom. The summed E-state index contributed by atoms with van der Waals surface area (Å²) in [6.07, 6.45) is 0.143. The molecule has 0 fully saturated rings. The third kappa shape index (κ3) is 5.08. The van der Waals surface area contributed by atoms with Crippen molar-refractivity contribution in [2.75, 3.05) is 5.32 Å². The molecule has 3 aromatic rings. The largest absolute Gasteiger partial charge is 0.455 e. The number of nitriles is 1. The molecular weight excluding hydrogens is 407 g/mol. The summed E-state index contributed by atoms with van der Waals surface area (Å²) in [4.78, 5) is 12.4. The van der Waals surface area contributed by atoms with Gasteiger partial charge >= 0.3 is 0 Å². The Morgan fingerprint density at radius 1 is 1.03 bits per heavy atom. The third-order valence-electron chi connectivity index (χ3n) is 4.31. The highest BCUT2D eigenvalue weighted by atomic mass is 35.5. The monoisotopic (exact) mass is 424 g/mol. The van der Waals surface area contributed by atoms with E-state index in [-0.39, 0.29) is 12.3 Å². The van der Waals surface area contributed by atoms with E-state index in [1.54, 1.807) is 54.6 Å². The predicted molar refractivity (Wildman–Crippen MR) is 116 cm³/mol. The molecular formula is C23H18Cl2N2O2. The van der Waals surface area contributed by atoms with Crippen molar-refractivity contribution in [3.8, 4) is 17.6 Å². The van der Waals surface area contributed by atoms with Crippen LogP contribution in [0.25, 0.3) is 0 Å². The number of amides is 1. The van der Waals surface area contributed by atoms with Crippen molar-refractivity contribution in [3.63, 3.8) is 0 Å². The van der Waals surface area contributed by atoms with Gasteiger partial charge in [0.05, 0.1) is 33.8 Å². The molecule has 0 aliphatic carbocycles. The second-order valence-electron chi connectivity index (χ2n) is 6.62. The molecule has 0 radical (unpaired) electrons. The van der Waals surface area contributed by atoms with Crippen molar-refractivity contribution >= 4 is 34.8 Å². The zero-order valence-electron chi connectivity index (χ0n) is 15.9. The first-order valence-electron chi connectivity index (χ1n) is 8.89. The zero-order chi connectivity index (χ0) is 21.0. The minimum atomic E-state index is -0.197. The SMILES string of the molecule is Cc1cc(C#N)cc(C)c1Oc1cc(CC(=O)Nc2ccccc2Cl)ccc1Cl. The summed E-state index contributed by atoms with van der Waals surface area (Å²) in [5.74, 6) is 0.895. The number of carbonyl (C=O) groups is 1. The fraction of sp³-hybridized carbons (Fsp3) is 0.130. The molecule has 0 saturated heterocycles. The number of carbonyl (C=O) groups excluding carboxylic acids is 1. The first-order chi connectivity index (χ1) is 13.9. The lowest BCUT2D eigenvalue weighted by Gasteiger charge is -2.14. The van der Waals surface area contributed by atoms with Crippen LogP contribution in [-0.2, 0) is 11.2 Å². The molecule has 0 aromatic heterocycles. The number of rotatable bonds is 5. The van der Waals surface area contributed by atoms with Gasteiger partial charge in [0, 0.05) is 0 Å². The normalized spacial score (nSPS) is 10.3. The molecule has 29 heavy (non-hydrogen) atoms. The van der Waals surface area contributed by atoms with Crippen molar-refractivity contribution < 1.29 is 9.53 Å². The second-order valence-corrected chi connectivity index (χ2v) is 7.44. The number of nitrogens with zero attached hydrogens (tertiary/aromatic N) is 1. The molecule has 3 rings (SSSR count). The third-order valence-corrected chi connectivity index (χ3v) is 4.95. The van der Waals surface area contributed by atoms with Gasteiger partial charge < -0.3 is 10.1 Å². The van der Waals surface area contributed by atoms with Crippen molar-refractivity contribution in [1.29, 1.82) is 5.26 Å². The minimum Gasteiger partial charge on any atom is -0.455 e. The van der Waals surface area contributed by atoms with Crippen molar-refractivity contribution in [3.05, 3.63) is 86.9 Å². The second kappa shape index (κ2) is 9.00. The van der Waals surface area contributed by atoms with Crippen LogP contribution in [0.2, 0.25) is 10.0 Å². The lowest BCUT2D eigenvalue weighted by molar-refractivity contribution is -0.115. The van der Waals surface area contributed by atoms with Gasteiger partial charge in [-0.25, -0.2) is 0 Å². The van der Waals surface area contributed by atoms with E-state index in [0.29, 0.717) is 32.8 Å². The Kier molecular flexibility index (Phi) is 6.43. The molecule has 0 heterocycles. The van der Waals surface area contributed by atoms with Gasteiger partial charge in [0.2, 0.25) is 5.91 Å². The van der Waals surface area contributed by atoms with Crippen LogP contribution >= 0.6 is 23.2 Å². The summed E-state index contributed by atoms with van der Waals surface area (Å²) >= 11 is 12.4. The Labute approximate surface area is 179 Å². The van der Waals surface area contributed by atoms with Gasteiger partial charge in [-0.1, -0.05) is 41.4 Å². The molecule has 4 nitrogen and oxygen atoms in total. The summed E-state index contributed by atoms with van der Waals surface area (Å²) in [5, 5.41) is 12.8. The van der Waals surface area contributed by atoms with Gasteiger partial charge in [0.25, 0.3) is 0 Å². The van der Waals surface area contributed by atoms with Crippen LogP contribution in [0.5, 0.6) is 11.5 Å². The van der Waals surface area contributed by atoms with E-state index >= 15 is 0 Å². The van der Waals surface area contributed by atoms with Gasteiger partial charge in [-0.3, -0.25) is 4.79 Å².